The third kappa shape index (κ3) is 2.08. The molecule has 0 aromatic carbocycles. The van der Waals surface area contributed by atoms with Crippen LogP contribution in [0.5, 0.6) is 0 Å². The van der Waals surface area contributed by atoms with Crippen molar-refractivity contribution in [3.05, 3.63) is 46.5 Å². The Labute approximate surface area is 122 Å². The first-order chi connectivity index (χ1) is 9.58. The zero-order valence-corrected chi connectivity index (χ0v) is 12.1. The third-order valence-electron chi connectivity index (χ3n) is 3.80. The van der Waals surface area contributed by atoms with Crippen LogP contribution in [-0.2, 0) is 6.54 Å². The number of carbonyl (C=O) groups is 1. The van der Waals surface area contributed by atoms with Crippen molar-refractivity contribution in [2.75, 3.05) is 6.54 Å². The highest BCUT2D eigenvalue weighted by Gasteiger charge is 2.29. The average molecular weight is 291 g/mol. The molecule has 1 unspecified atom stereocenters. The van der Waals surface area contributed by atoms with Gasteiger partial charge >= 0.3 is 0 Å². The molecule has 1 aliphatic rings. The van der Waals surface area contributed by atoms with Crippen LogP contribution in [-0.4, -0.2) is 32.1 Å². The summed E-state index contributed by atoms with van der Waals surface area (Å²) in [5, 5.41) is 7.89. The number of halogens is 1. The quantitative estimate of drug-likeness (QED) is 0.811. The molecular weight excluding hydrogens is 276 g/mol. The molecule has 0 radical (unpaired) electrons. The average Bonchev–Trinajstić information content (AvgIpc) is 2.82. The van der Waals surface area contributed by atoms with Gasteiger partial charge in [0.05, 0.1) is 6.04 Å². The highest BCUT2D eigenvalue weighted by Crippen LogP contribution is 2.28. The van der Waals surface area contributed by atoms with Crippen LogP contribution in [0.1, 0.15) is 34.8 Å². The van der Waals surface area contributed by atoms with Gasteiger partial charge in [-0.05, 0) is 38.1 Å². The summed E-state index contributed by atoms with van der Waals surface area (Å²) in [6.07, 6.45) is 0. The summed E-state index contributed by atoms with van der Waals surface area (Å²) in [6.45, 7) is 5.60. The van der Waals surface area contributed by atoms with E-state index in [1.807, 2.05) is 11.8 Å². The van der Waals surface area contributed by atoms with Crippen molar-refractivity contribution in [1.82, 2.24) is 19.7 Å². The fourth-order valence-corrected chi connectivity index (χ4v) is 2.78. The Morgan fingerprint density at radius 3 is 2.75 bits per heavy atom. The van der Waals surface area contributed by atoms with E-state index in [0.717, 1.165) is 12.2 Å². The van der Waals surface area contributed by atoms with E-state index in [0.29, 0.717) is 12.2 Å². The fourth-order valence-electron chi connectivity index (χ4n) is 2.68. The molecule has 1 amide bonds. The molecule has 104 valence electrons. The summed E-state index contributed by atoms with van der Waals surface area (Å²) in [4.78, 5) is 14.3. The molecule has 2 aromatic rings. The van der Waals surface area contributed by atoms with Gasteiger partial charge < -0.3 is 9.47 Å². The first-order valence-electron chi connectivity index (χ1n) is 6.54. The minimum atomic E-state index is -0.105. The molecule has 0 bridgehead atoms. The highest BCUT2D eigenvalue weighted by atomic mass is 35.5. The zero-order valence-electron chi connectivity index (χ0n) is 11.4. The van der Waals surface area contributed by atoms with E-state index in [1.54, 1.807) is 12.1 Å². The molecule has 3 heterocycles. The van der Waals surface area contributed by atoms with E-state index < -0.39 is 0 Å². The maximum absolute atomic E-state index is 12.5. The summed E-state index contributed by atoms with van der Waals surface area (Å²) in [5.41, 5.74) is 2.72. The van der Waals surface area contributed by atoms with Crippen LogP contribution in [0.4, 0.5) is 0 Å². The molecule has 20 heavy (non-hydrogen) atoms. The number of rotatable bonds is 1. The van der Waals surface area contributed by atoms with Crippen LogP contribution in [0.25, 0.3) is 0 Å². The molecule has 0 N–H and O–H groups in total. The number of amides is 1. The summed E-state index contributed by atoms with van der Waals surface area (Å²) in [6, 6.07) is 7.39. The van der Waals surface area contributed by atoms with Crippen molar-refractivity contribution in [2.45, 2.75) is 26.4 Å². The smallest absolute Gasteiger partial charge is 0.274 e. The van der Waals surface area contributed by atoms with Crippen molar-refractivity contribution in [1.29, 1.82) is 0 Å². The second-order valence-electron chi connectivity index (χ2n) is 4.97. The maximum atomic E-state index is 12.5. The predicted octanol–water partition coefficient (Wildman–Crippen LogP) is 2.46. The molecular formula is C14H15ClN4O. The second kappa shape index (κ2) is 4.90. The van der Waals surface area contributed by atoms with Gasteiger partial charge in [-0.25, -0.2) is 0 Å². The molecule has 1 aliphatic heterocycles. The molecule has 1 atom stereocenters. The van der Waals surface area contributed by atoms with Crippen LogP contribution >= 0.6 is 11.6 Å². The third-order valence-corrected chi connectivity index (χ3v) is 4.01. The number of aromatic nitrogens is 3. The van der Waals surface area contributed by atoms with Crippen LogP contribution in [0.3, 0.4) is 0 Å². The number of carbonyl (C=O) groups excluding carboxylic acids is 1. The Balaban J connectivity index is 1.88. The first-order valence-corrected chi connectivity index (χ1v) is 6.92. The summed E-state index contributed by atoms with van der Waals surface area (Å²) < 4.78 is 2.25. The van der Waals surface area contributed by atoms with Gasteiger partial charge in [-0.15, -0.1) is 10.2 Å². The molecule has 2 aromatic heterocycles. The molecule has 0 aliphatic carbocycles. The van der Waals surface area contributed by atoms with Crippen molar-refractivity contribution in [3.63, 3.8) is 0 Å². The van der Waals surface area contributed by atoms with Gasteiger partial charge in [0.15, 0.2) is 10.8 Å². The number of aryl methyl sites for hydroxylation is 1. The van der Waals surface area contributed by atoms with Gasteiger partial charge in [-0.1, -0.05) is 11.6 Å². The van der Waals surface area contributed by atoms with Crippen LogP contribution < -0.4 is 0 Å². The fraction of sp³-hybridized carbons (Fsp3) is 0.357. The van der Waals surface area contributed by atoms with Gasteiger partial charge in [0.1, 0.15) is 0 Å². The number of nitrogens with zero attached hydrogens (tertiary/aromatic N) is 4. The van der Waals surface area contributed by atoms with Gasteiger partial charge in [-0.3, -0.25) is 4.79 Å². The predicted molar refractivity (Wildman–Crippen MR) is 75.7 cm³/mol. The zero-order chi connectivity index (χ0) is 14.3. The Morgan fingerprint density at radius 2 is 2.05 bits per heavy atom. The molecule has 3 rings (SSSR count). The Bertz CT molecular complexity index is 650. The molecule has 0 spiro atoms. The van der Waals surface area contributed by atoms with E-state index in [-0.39, 0.29) is 17.1 Å². The van der Waals surface area contributed by atoms with Crippen molar-refractivity contribution >= 4 is 17.5 Å². The van der Waals surface area contributed by atoms with E-state index in [1.165, 1.54) is 5.69 Å². The maximum Gasteiger partial charge on any atom is 0.274 e. The normalized spacial score (nSPS) is 17.9. The Hall–Kier alpha value is -1.88. The summed E-state index contributed by atoms with van der Waals surface area (Å²) in [5.74, 6) is -0.105. The first kappa shape index (κ1) is 13.1. The lowest BCUT2D eigenvalue weighted by molar-refractivity contribution is 0.0635. The SMILES string of the molecule is Cc1ccc2n1CCN(C(=O)c1ccc(Cl)nn1)C2C. The number of fused-ring (bicyclic) bond motifs is 1. The van der Waals surface area contributed by atoms with Crippen LogP contribution in [0, 0.1) is 6.92 Å². The Kier molecular flexibility index (Phi) is 3.22. The van der Waals surface area contributed by atoms with Crippen molar-refractivity contribution in [3.8, 4) is 0 Å². The minimum Gasteiger partial charge on any atom is -0.345 e. The second-order valence-corrected chi connectivity index (χ2v) is 5.35. The molecule has 5 nitrogen and oxygen atoms in total. The van der Waals surface area contributed by atoms with Crippen molar-refractivity contribution in [2.24, 2.45) is 0 Å². The van der Waals surface area contributed by atoms with Crippen molar-refractivity contribution < 1.29 is 4.79 Å². The summed E-state index contributed by atoms with van der Waals surface area (Å²) >= 11 is 5.70. The van der Waals surface area contributed by atoms with Crippen LogP contribution in [0.2, 0.25) is 5.15 Å². The van der Waals surface area contributed by atoms with Crippen LogP contribution in [0.15, 0.2) is 24.3 Å². The molecule has 6 heteroatoms. The van der Waals surface area contributed by atoms with E-state index >= 15 is 0 Å². The largest absolute Gasteiger partial charge is 0.345 e. The monoisotopic (exact) mass is 290 g/mol. The lowest BCUT2D eigenvalue weighted by Gasteiger charge is -2.35. The molecule has 0 saturated heterocycles. The Morgan fingerprint density at radius 1 is 1.25 bits per heavy atom. The van der Waals surface area contributed by atoms with Gasteiger partial charge in [0.2, 0.25) is 0 Å². The molecule has 0 fully saturated rings. The van der Waals surface area contributed by atoms with E-state index in [4.69, 9.17) is 11.6 Å². The lowest BCUT2D eigenvalue weighted by Crippen LogP contribution is -2.41. The van der Waals surface area contributed by atoms with Gasteiger partial charge in [0, 0.05) is 24.5 Å². The van der Waals surface area contributed by atoms with Gasteiger partial charge in [0.25, 0.3) is 5.91 Å². The minimum absolute atomic E-state index is 0.0300. The summed E-state index contributed by atoms with van der Waals surface area (Å²) in [7, 11) is 0. The number of hydrogen-bond donors (Lipinski definition) is 0. The van der Waals surface area contributed by atoms with E-state index in [2.05, 4.69) is 33.8 Å². The topological polar surface area (TPSA) is 51.0 Å². The van der Waals surface area contributed by atoms with E-state index in [9.17, 15) is 4.79 Å². The highest BCUT2D eigenvalue weighted by molar-refractivity contribution is 6.29. The number of hydrogen-bond acceptors (Lipinski definition) is 3. The molecule has 0 saturated carbocycles. The standard InChI is InChI=1S/C14H15ClN4O/c1-9-3-5-12-10(2)19(8-7-18(9)12)14(20)11-4-6-13(15)17-16-11/h3-6,10H,7-8H2,1-2H3. The lowest BCUT2D eigenvalue weighted by atomic mass is 10.1. The van der Waals surface area contributed by atoms with Gasteiger partial charge in [-0.2, -0.15) is 0 Å².